The number of nitrogens with zero attached hydrogens (tertiary/aromatic N) is 5. The fourth-order valence-corrected chi connectivity index (χ4v) is 3.40. The summed E-state index contributed by atoms with van der Waals surface area (Å²) in [6.45, 7) is 3.75. The highest BCUT2D eigenvalue weighted by Gasteiger charge is 2.17. The SMILES string of the molecule is Cc1cc(C(=O)NNC(=O)c2ccc(-n3cnnn3)cc2)c(C)n1-c1ccc(Cl)cc1. The second kappa shape index (κ2) is 8.41. The molecule has 0 bridgehead atoms. The highest BCUT2D eigenvalue weighted by atomic mass is 35.5. The molecule has 0 atom stereocenters. The van der Waals surface area contributed by atoms with Crippen molar-refractivity contribution < 1.29 is 9.59 Å². The smallest absolute Gasteiger partial charge is 0.271 e. The van der Waals surface area contributed by atoms with Gasteiger partial charge < -0.3 is 4.57 Å². The molecule has 2 N–H and O–H groups in total. The lowest BCUT2D eigenvalue weighted by Gasteiger charge is -2.11. The maximum Gasteiger partial charge on any atom is 0.271 e. The predicted molar refractivity (Wildman–Crippen MR) is 114 cm³/mol. The van der Waals surface area contributed by atoms with Gasteiger partial charge in [0.05, 0.1) is 11.3 Å². The Morgan fingerprint density at radius 1 is 0.903 bits per heavy atom. The van der Waals surface area contributed by atoms with E-state index in [4.69, 9.17) is 11.6 Å². The maximum absolute atomic E-state index is 12.7. The molecule has 156 valence electrons. The summed E-state index contributed by atoms with van der Waals surface area (Å²) in [5, 5.41) is 11.6. The van der Waals surface area contributed by atoms with E-state index in [9.17, 15) is 9.59 Å². The van der Waals surface area contributed by atoms with Gasteiger partial charge in [0.2, 0.25) is 0 Å². The number of aryl methyl sites for hydroxylation is 1. The number of rotatable bonds is 4. The normalized spacial score (nSPS) is 10.7. The molecule has 0 saturated carbocycles. The summed E-state index contributed by atoms with van der Waals surface area (Å²) in [6.07, 6.45) is 1.45. The van der Waals surface area contributed by atoms with Crippen LogP contribution >= 0.6 is 11.6 Å². The number of nitrogens with one attached hydrogen (secondary N) is 2. The Morgan fingerprint density at radius 2 is 1.55 bits per heavy atom. The molecule has 0 aliphatic carbocycles. The van der Waals surface area contributed by atoms with Gasteiger partial charge >= 0.3 is 0 Å². The third-order valence-corrected chi connectivity index (χ3v) is 5.05. The Kier molecular flexibility index (Phi) is 5.50. The Bertz CT molecular complexity index is 1230. The molecule has 0 aliphatic heterocycles. The zero-order chi connectivity index (χ0) is 22.0. The summed E-state index contributed by atoms with van der Waals surface area (Å²) in [7, 11) is 0. The van der Waals surface area contributed by atoms with Crippen molar-refractivity contribution in [3.05, 3.63) is 88.5 Å². The first-order valence-corrected chi connectivity index (χ1v) is 9.71. The van der Waals surface area contributed by atoms with Crippen LogP contribution < -0.4 is 10.9 Å². The summed E-state index contributed by atoms with van der Waals surface area (Å²) in [5.74, 6) is -0.852. The minimum Gasteiger partial charge on any atom is -0.318 e. The second-order valence-corrected chi connectivity index (χ2v) is 7.24. The highest BCUT2D eigenvalue weighted by Crippen LogP contribution is 2.22. The van der Waals surface area contributed by atoms with Crippen LogP contribution in [0.3, 0.4) is 0 Å². The molecule has 31 heavy (non-hydrogen) atoms. The number of amides is 2. The van der Waals surface area contributed by atoms with Crippen LogP contribution in [0, 0.1) is 13.8 Å². The lowest BCUT2D eigenvalue weighted by molar-refractivity contribution is 0.0846. The molecule has 2 aromatic heterocycles. The number of tetrazole rings is 1. The van der Waals surface area contributed by atoms with Crippen molar-refractivity contribution in [2.75, 3.05) is 0 Å². The molecule has 2 amide bonds. The maximum atomic E-state index is 12.7. The van der Waals surface area contributed by atoms with E-state index in [0.29, 0.717) is 21.8 Å². The second-order valence-electron chi connectivity index (χ2n) is 6.81. The number of benzene rings is 2. The van der Waals surface area contributed by atoms with Gasteiger partial charge in [-0.15, -0.1) is 5.10 Å². The van der Waals surface area contributed by atoms with E-state index in [0.717, 1.165) is 17.1 Å². The molecule has 0 radical (unpaired) electrons. The topological polar surface area (TPSA) is 107 Å². The van der Waals surface area contributed by atoms with E-state index in [1.54, 1.807) is 42.5 Å². The number of hydrazine groups is 1. The minimum absolute atomic E-state index is 0.378. The van der Waals surface area contributed by atoms with Gasteiger partial charge in [-0.2, -0.15) is 0 Å². The number of halogens is 1. The molecule has 2 aromatic carbocycles. The van der Waals surface area contributed by atoms with Gasteiger partial charge in [0.1, 0.15) is 6.33 Å². The molecule has 0 unspecified atom stereocenters. The molecular formula is C21H18ClN7O2. The fourth-order valence-electron chi connectivity index (χ4n) is 3.28. The Balaban J connectivity index is 1.44. The van der Waals surface area contributed by atoms with Gasteiger partial charge in [-0.1, -0.05) is 11.6 Å². The molecule has 0 spiro atoms. The van der Waals surface area contributed by atoms with Gasteiger partial charge in [-0.3, -0.25) is 20.4 Å². The van der Waals surface area contributed by atoms with Crippen LogP contribution in [0.1, 0.15) is 32.1 Å². The van der Waals surface area contributed by atoms with E-state index in [1.165, 1.54) is 11.0 Å². The van der Waals surface area contributed by atoms with Gasteiger partial charge in [0, 0.05) is 27.7 Å². The number of hydrogen-bond donors (Lipinski definition) is 2. The lowest BCUT2D eigenvalue weighted by atomic mass is 10.2. The molecular weight excluding hydrogens is 418 g/mol. The zero-order valence-electron chi connectivity index (χ0n) is 16.7. The molecule has 10 heteroatoms. The van der Waals surface area contributed by atoms with E-state index in [2.05, 4.69) is 26.4 Å². The van der Waals surface area contributed by atoms with Crippen LogP contribution in [0.5, 0.6) is 0 Å². The number of carbonyl (C=O) groups excluding carboxylic acids is 2. The summed E-state index contributed by atoms with van der Waals surface area (Å²) in [4.78, 5) is 25.1. The first kappa shape index (κ1) is 20.3. The molecule has 4 rings (SSSR count). The standard InChI is InChI=1S/C21H18ClN7O2/c1-13-11-19(14(2)29(13)18-9-5-16(22)6-10-18)21(31)25-24-20(30)15-3-7-17(8-4-15)28-12-23-26-27-28/h3-12H,1-2H3,(H,24,30)(H,25,31). The van der Waals surface area contributed by atoms with Crippen molar-refractivity contribution >= 4 is 23.4 Å². The lowest BCUT2D eigenvalue weighted by Crippen LogP contribution is -2.41. The molecule has 4 aromatic rings. The van der Waals surface area contributed by atoms with Gasteiger partial charge in [-0.25, -0.2) is 4.68 Å². The van der Waals surface area contributed by atoms with E-state index >= 15 is 0 Å². The van der Waals surface area contributed by atoms with Gasteiger partial charge in [-0.05, 0) is 78.9 Å². The van der Waals surface area contributed by atoms with Crippen molar-refractivity contribution in [1.29, 1.82) is 0 Å². The first-order valence-electron chi connectivity index (χ1n) is 9.33. The quantitative estimate of drug-likeness (QED) is 0.479. The Hall–Kier alpha value is -3.98. The molecule has 0 fully saturated rings. The van der Waals surface area contributed by atoms with Crippen LogP contribution in [-0.2, 0) is 0 Å². The minimum atomic E-state index is -0.442. The largest absolute Gasteiger partial charge is 0.318 e. The summed E-state index contributed by atoms with van der Waals surface area (Å²) in [5.41, 5.74) is 8.99. The number of carbonyl (C=O) groups is 2. The fraction of sp³-hybridized carbons (Fsp3) is 0.0952. The third-order valence-electron chi connectivity index (χ3n) is 4.79. The third kappa shape index (κ3) is 4.17. The number of hydrogen-bond acceptors (Lipinski definition) is 5. The van der Waals surface area contributed by atoms with E-state index < -0.39 is 11.8 Å². The number of aromatic nitrogens is 5. The molecule has 2 heterocycles. The average molecular weight is 436 g/mol. The van der Waals surface area contributed by atoms with Crippen LogP contribution in [0.2, 0.25) is 5.02 Å². The van der Waals surface area contributed by atoms with E-state index in [-0.39, 0.29) is 0 Å². The monoisotopic (exact) mass is 435 g/mol. The van der Waals surface area contributed by atoms with Gasteiger partial charge in [0.15, 0.2) is 0 Å². The zero-order valence-corrected chi connectivity index (χ0v) is 17.5. The molecule has 0 aliphatic rings. The summed E-state index contributed by atoms with van der Waals surface area (Å²) in [6, 6.07) is 15.7. The average Bonchev–Trinajstić information content (AvgIpc) is 3.41. The van der Waals surface area contributed by atoms with Crippen molar-refractivity contribution in [3.8, 4) is 11.4 Å². The van der Waals surface area contributed by atoms with Crippen molar-refractivity contribution in [2.24, 2.45) is 0 Å². The van der Waals surface area contributed by atoms with Crippen LogP contribution in [0.4, 0.5) is 0 Å². The highest BCUT2D eigenvalue weighted by molar-refractivity contribution is 6.30. The summed E-state index contributed by atoms with van der Waals surface area (Å²) < 4.78 is 3.42. The molecule has 9 nitrogen and oxygen atoms in total. The van der Waals surface area contributed by atoms with Crippen LogP contribution in [0.25, 0.3) is 11.4 Å². The Morgan fingerprint density at radius 3 is 2.19 bits per heavy atom. The van der Waals surface area contributed by atoms with Crippen molar-refractivity contribution in [1.82, 2.24) is 35.6 Å². The van der Waals surface area contributed by atoms with Crippen LogP contribution in [-0.4, -0.2) is 36.6 Å². The van der Waals surface area contributed by atoms with Crippen molar-refractivity contribution in [3.63, 3.8) is 0 Å². The Labute approximate surface area is 182 Å². The van der Waals surface area contributed by atoms with Crippen molar-refractivity contribution in [2.45, 2.75) is 13.8 Å². The first-order chi connectivity index (χ1) is 14.9. The van der Waals surface area contributed by atoms with Gasteiger partial charge in [0.25, 0.3) is 11.8 Å². The molecule has 0 saturated heterocycles. The predicted octanol–water partition coefficient (Wildman–Crippen LogP) is 2.80. The van der Waals surface area contributed by atoms with Crippen LogP contribution in [0.15, 0.2) is 60.9 Å². The van der Waals surface area contributed by atoms with E-state index in [1.807, 2.05) is 30.5 Å². The summed E-state index contributed by atoms with van der Waals surface area (Å²) >= 11 is 5.97.